The van der Waals surface area contributed by atoms with Crippen molar-refractivity contribution >= 4 is 17.7 Å². The first-order valence-electron chi connectivity index (χ1n) is 7.17. The number of ether oxygens (including phenoxy) is 2. The Morgan fingerprint density at radius 1 is 1.24 bits per heavy atom. The Morgan fingerprint density at radius 2 is 2.00 bits per heavy atom. The minimum atomic E-state index is 0.483. The molecule has 1 aromatic carbocycles. The first kappa shape index (κ1) is 15.6. The first-order chi connectivity index (χ1) is 10.2. The van der Waals surface area contributed by atoms with Crippen LogP contribution < -0.4 is 15.4 Å². The number of carbonyl (C=O) groups excluding carboxylic acids is 1. The van der Waals surface area contributed by atoms with Crippen LogP contribution in [0, 0.1) is 0 Å². The predicted molar refractivity (Wildman–Crippen MR) is 82.9 cm³/mol. The fourth-order valence-electron chi connectivity index (χ4n) is 2.37. The van der Waals surface area contributed by atoms with E-state index in [0.717, 1.165) is 38.2 Å². The van der Waals surface area contributed by atoms with Crippen molar-refractivity contribution in [2.75, 3.05) is 63.7 Å². The number of piperazine rings is 1. The molecule has 6 heteroatoms. The third-order valence-corrected chi connectivity index (χ3v) is 3.61. The normalized spacial score (nSPS) is 16.0. The van der Waals surface area contributed by atoms with Gasteiger partial charge in [0.25, 0.3) is 0 Å². The summed E-state index contributed by atoms with van der Waals surface area (Å²) in [5.74, 6) is 0.694. The van der Waals surface area contributed by atoms with Gasteiger partial charge in [0.2, 0.25) is 0 Å². The summed E-state index contributed by atoms with van der Waals surface area (Å²) in [4.78, 5) is 15.0. The van der Waals surface area contributed by atoms with Crippen LogP contribution in [0.1, 0.15) is 0 Å². The summed E-state index contributed by atoms with van der Waals surface area (Å²) in [6.07, 6.45) is 0.959. The number of carbonyl (C=O) groups is 1. The SMILES string of the molecule is COCCOc1cc(N2CCN(CC=O)CC2)ccc1N. The maximum Gasteiger partial charge on any atom is 0.144 e. The number of nitrogens with two attached hydrogens (primary N) is 1. The molecule has 0 saturated carbocycles. The zero-order chi connectivity index (χ0) is 15.1. The van der Waals surface area contributed by atoms with Gasteiger partial charge in [-0.3, -0.25) is 4.90 Å². The third-order valence-electron chi connectivity index (χ3n) is 3.61. The topological polar surface area (TPSA) is 68.0 Å². The molecule has 0 amide bonds. The smallest absolute Gasteiger partial charge is 0.144 e. The van der Waals surface area contributed by atoms with E-state index in [0.29, 0.717) is 31.2 Å². The lowest BCUT2D eigenvalue weighted by Crippen LogP contribution is -2.46. The van der Waals surface area contributed by atoms with Crippen molar-refractivity contribution in [1.82, 2.24) is 4.90 Å². The van der Waals surface area contributed by atoms with E-state index in [1.54, 1.807) is 7.11 Å². The second-order valence-corrected chi connectivity index (χ2v) is 5.02. The molecule has 0 aromatic heterocycles. The molecule has 2 N–H and O–H groups in total. The molecule has 1 saturated heterocycles. The van der Waals surface area contributed by atoms with Crippen molar-refractivity contribution in [2.45, 2.75) is 0 Å². The van der Waals surface area contributed by atoms with Crippen LogP contribution in [0.15, 0.2) is 18.2 Å². The van der Waals surface area contributed by atoms with Crippen LogP contribution in [0.5, 0.6) is 5.75 Å². The highest BCUT2D eigenvalue weighted by atomic mass is 16.5. The molecule has 1 aliphatic heterocycles. The second kappa shape index (κ2) is 7.85. The number of nitrogens with zero attached hydrogens (tertiary/aromatic N) is 2. The molecule has 0 aliphatic carbocycles. The number of hydrogen-bond acceptors (Lipinski definition) is 6. The lowest BCUT2D eigenvalue weighted by Gasteiger charge is -2.35. The summed E-state index contributed by atoms with van der Waals surface area (Å²) in [5.41, 5.74) is 7.66. The minimum absolute atomic E-state index is 0.483. The van der Waals surface area contributed by atoms with Crippen molar-refractivity contribution in [3.8, 4) is 5.75 Å². The van der Waals surface area contributed by atoms with E-state index in [-0.39, 0.29) is 0 Å². The molecule has 1 aliphatic rings. The molecular formula is C15H23N3O3. The van der Waals surface area contributed by atoms with E-state index in [4.69, 9.17) is 15.2 Å². The molecule has 116 valence electrons. The van der Waals surface area contributed by atoms with E-state index in [1.807, 2.05) is 18.2 Å². The number of anilines is 2. The van der Waals surface area contributed by atoms with Gasteiger partial charge in [0.05, 0.1) is 18.8 Å². The highest BCUT2D eigenvalue weighted by Crippen LogP contribution is 2.28. The summed E-state index contributed by atoms with van der Waals surface area (Å²) < 4.78 is 10.6. The number of benzene rings is 1. The third kappa shape index (κ3) is 4.34. The molecule has 0 bridgehead atoms. The number of aldehydes is 1. The Balaban J connectivity index is 1.97. The van der Waals surface area contributed by atoms with Gasteiger partial charge >= 0.3 is 0 Å². The number of hydrogen-bond donors (Lipinski definition) is 1. The van der Waals surface area contributed by atoms with Crippen LogP contribution in [-0.4, -0.2) is 64.2 Å². The Kier molecular flexibility index (Phi) is 5.83. The highest BCUT2D eigenvalue weighted by Gasteiger charge is 2.17. The molecular weight excluding hydrogens is 270 g/mol. The summed E-state index contributed by atoms with van der Waals surface area (Å²) in [6.45, 7) is 5.11. The lowest BCUT2D eigenvalue weighted by atomic mass is 10.2. The first-order valence-corrected chi connectivity index (χ1v) is 7.17. The predicted octanol–water partition coefficient (Wildman–Crippen LogP) is 0.615. The van der Waals surface area contributed by atoms with Gasteiger partial charge in [0.1, 0.15) is 18.6 Å². The van der Waals surface area contributed by atoms with Crippen molar-refractivity contribution in [1.29, 1.82) is 0 Å². The second-order valence-electron chi connectivity index (χ2n) is 5.02. The van der Waals surface area contributed by atoms with Crippen molar-refractivity contribution in [3.05, 3.63) is 18.2 Å². The Morgan fingerprint density at radius 3 is 2.67 bits per heavy atom. The van der Waals surface area contributed by atoms with Gasteiger partial charge in [-0.05, 0) is 12.1 Å². The summed E-state index contributed by atoms with van der Waals surface area (Å²) in [7, 11) is 1.64. The fraction of sp³-hybridized carbons (Fsp3) is 0.533. The quantitative estimate of drug-likeness (QED) is 0.451. The monoisotopic (exact) mass is 293 g/mol. The van der Waals surface area contributed by atoms with Crippen molar-refractivity contribution < 1.29 is 14.3 Å². The van der Waals surface area contributed by atoms with Crippen LogP contribution in [-0.2, 0) is 9.53 Å². The van der Waals surface area contributed by atoms with Gasteiger partial charge in [-0.1, -0.05) is 0 Å². The summed E-state index contributed by atoms with van der Waals surface area (Å²) in [5, 5.41) is 0. The standard InChI is InChI=1S/C15H23N3O3/c1-20-10-11-21-15-12-13(2-3-14(15)16)18-6-4-17(5-7-18)8-9-19/h2-3,9,12H,4-8,10-11,16H2,1H3. The van der Waals surface area contributed by atoms with Gasteiger partial charge in [-0.15, -0.1) is 0 Å². The van der Waals surface area contributed by atoms with E-state index < -0.39 is 0 Å². The number of rotatable bonds is 7. The zero-order valence-corrected chi connectivity index (χ0v) is 12.5. The molecule has 1 heterocycles. The van der Waals surface area contributed by atoms with Crippen LogP contribution in [0.4, 0.5) is 11.4 Å². The van der Waals surface area contributed by atoms with E-state index >= 15 is 0 Å². The number of nitrogen functional groups attached to an aromatic ring is 1. The molecule has 6 nitrogen and oxygen atoms in total. The molecule has 1 aromatic rings. The van der Waals surface area contributed by atoms with Crippen molar-refractivity contribution in [2.24, 2.45) is 0 Å². The lowest BCUT2D eigenvalue weighted by molar-refractivity contribution is -0.108. The Labute approximate surface area is 125 Å². The van der Waals surface area contributed by atoms with E-state index in [2.05, 4.69) is 9.80 Å². The van der Waals surface area contributed by atoms with Gasteiger partial charge in [-0.2, -0.15) is 0 Å². The molecule has 0 atom stereocenters. The molecule has 0 radical (unpaired) electrons. The average molecular weight is 293 g/mol. The molecule has 1 fully saturated rings. The Bertz CT molecular complexity index is 459. The number of methoxy groups -OCH3 is 1. The maximum atomic E-state index is 10.5. The van der Waals surface area contributed by atoms with Gasteiger partial charge in [0, 0.05) is 45.0 Å². The minimum Gasteiger partial charge on any atom is -0.489 e. The maximum absolute atomic E-state index is 10.5. The van der Waals surface area contributed by atoms with Gasteiger partial charge in [0.15, 0.2) is 0 Å². The van der Waals surface area contributed by atoms with Gasteiger partial charge < -0.3 is 24.9 Å². The van der Waals surface area contributed by atoms with E-state index in [1.165, 1.54) is 0 Å². The summed E-state index contributed by atoms with van der Waals surface area (Å²) in [6, 6.07) is 5.85. The molecule has 21 heavy (non-hydrogen) atoms. The molecule has 0 unspecified atom stereocenters. The zero-order valence-electron chi connectivity index (χ0n) is 12.5. The fourth-order valence-corrected chi connectivity index (χ4v) is 2.37. The average Bonchev–Trinajstić information content (AvgIpc) is 2.51. The van der Waals surface area contributed by atoms with Crippen LogP contribution >= 0.6 is 0 Å². The largest absolute Gasteiger partial charge is 0.489 e. The van der Waals surface area contributed by atoms with Crippen LogP contribution in [0.3, 0.4) is 0 Å². The van der Waals surface area contributed by atoms with Gasteiger partial charge in [-0.25, -0.2) is 0 Å². The van der Waals surface area contributed by atoms with Crippen LogP contribution in [0.2, 0.25) is 0 Å². The van der Waals surface area contributed by atoms with E-state index in [9.17, 15) is 4.79 Å². The van der Waals surface area contributed by atoms with Crippen molar-refractivity contribution in [3.63, 3.8) is 0 Å². The summed E-state index contributed by atoms with van der Waals surface area (Å²) >= 11 is 0. The molecule has 0 spiro atoms. The molecule has 2 rings (SSSR count). The van der Waals surface area contributed by atoms with Crippen LogP contribution in [0.25, 0.3) is 0 Å². The Hall–Kier alpha value is -1.79. The highest BCUT2D eigenvalue weighted by molar-refractivity contribution is 5.62.